The van der Waals surface area contributed by atoms with E-state index in [1.165, 1.54) is 12.1 Å². The van der Waals surface area contributed by atoms with E-state index >= 15 is 0 Å². The molecule has 2 aromatic heterocycles. The van der Waals surface area contributed by atoms with Gasteiger partial charge in [0.1, 0.15) is 5.75 Å². The van der Waals surface area contributed by atoms with Gasteiger partial charge in [-0.2, -0.15) is 10.2 Å². The lowest BCUT2D eigenvalue weighted by molar-refractivity contribution is -0.274. The average Bonchev–Trinajstić information content (AvgIpc) is 3.53. The molecule has 12 heteroatoms. The van der Waals surface area contributed by atoms with Gasteiger partial charge in [0.2, 0.25) is 0 Å². The lowest BCUT2D eigenvalue weighted by Crippen LogP contribution is -2.39. The van der Waals surface area contributed by atoms with Gasteiger partial charge in [-0.1, -0.05) is 18.2 Å². The fourth-order valence-electron chi connectivity index (χ4n) is 4.64. The summed E-state index contributed by atoms with van der Waals surface area (Å²) in [7, 11) is 0. The fraction of sp³-hybridized carbons (Fsp3) is 0.308. The van der Waals surface area contributed by atoms with Crippen LogP contribution >= 0.6 is 0 Å². The van der Waals surface area contributed by atoms with Gasteiger partial charge in [-0.15, -0.1) is 13.2 Å². The van der Waals surface area contributed by atoms with Crippen LogP contribution in [0, 0.1) is 0 Å². The molecule has 2 amide bonds. The van der Waals surface area contributed by atoms with E-state index in [-0.39, 0.29) is 23.6 Å². The first-order valence-electron chi connectivity index (χ1n) is 12.2. The Kier molecular flexibility index (Phi) is 6.79. The average molecular weight is 527 g/mol. The number of rotatable bonds is 6. The number of amides is 2. The summed E-state index contributed by atoms with van der Waals surface area (Å²) in [6.07, 6.45) is -0.157. The van der Waals surface area contributed by atoms with E-state index < -0.39 is 6.36 Å². The third-order valence-corrected chi connectivity index (χ3v) is 6.49. The molecule has 5 rings (SSSR count). The normalized spacial score (nSPS) is 14.6. The number of likely N-dealkylation sites (tertiary alicyclic amines) is 1. The van der Waals surface area contributed by atoms with E-state index in [9.17, 15) is 22.8 Å². The van der Waals surface area contributed by atoms with Crippen LogP contribution in [0.3, 0.4) is 0 Å². The number of carbonyl (C=O) groups is 2. The maximum Gasteiger partial charge on any atom is 0.573 e. The molecule has 198 valence electrons. The Morgan fingerprint density at radius 1 is 1.08 bits per heavy atom. The van der Waals surface area contributed by atoms with E-state index in [4.69, 9.17) is 0 Å². The van der Waals surface area contributed by atoms with Gasteiger partial charge in [-0.3, -0.25) is 19.0 Å². The summed E-state index contributed by atoms with van der Waals surface area (Å²) < 4.78 is 44.5. The molecule has 0 spiro atoms. The second kappa shape index (κ2) is 10.2. The second-order valence-electron chi connectivity index (χ2n) is 8.94. The predicted octanol–water partition coefficient (Wildman–Crippen LogP) is 4.88. The summed E-state index contributed by atoms with van der Waals surface area (Å²) in [4.78, 5) is 27.4. The van der Waals surface area contributed by atoms with Crippen molar-refractivity contribution in [1.82, 2.24) is 24.5 Å². The Morgan fingerprint density at radius 3 is 2.47 bits per heavy atom. The zero-order valence-electron chi connectivity index (χ0n) is 20.5. The number of hydrogen-bond donors (Lipinski definition) is 1. The number of carbonyl (C=O) groups excluding carboxylic acids is 2. The number of anilines is 1. The highest BCUT2D eigenvalue weighted by atomic mass is 19.4. The van der Waals surface area contributed by atoms with Crippen molar-refractivity contribution in [3.63, 3.8) is 0 Å². The maximum absolute atomic E-state index is 13.0. The number of aryl methyl sites for hydroxylation is 1. The SMILES string of the molecule is CCn1nc(C(=O)Nc2cnn(C3CCN(C(=O)c4ccc(OC(F)(F)F)cc4)CC3)c2)c2ccccc21. The van der Waals surface area contributed by atoms with Crippen LogP contribution in [0.4, 0.5) is 18.9 Å². The van der Waals surface area contributed by atoms with Crippen molar-refractivity contribution in [2.24, 2.45) is 0 Å². The van der Waals surface area contributed by atoms with Crippen LogP contribution in [-0.2, 0) is 6.54 Å². The fourth-order valence-corrected chi connectivity index (χ4v) is 4.64. The standard InChI is InChI=1S/C26H25F3N6O3/c1-2-34-22-6-4-3-5-21(22)23(32-34)24(36)31-18-15-30-35(16-18)19-11-13-33(14-12-19)25(37)17-7-9-20(10-8-17)38-26(27,28)29/h3-10,15-16,19H,2,11-14H2,1H3,(H,31,36). The van der Waals surface area contributed by atoms with Crippen molar-refractivity contribution >= 4 is 28.4 Å². The van der Waals surface area contributed by atoms with Crippen LogP contribution in [0.1, 0.15) is 46.7 Å². The van der Waals surface area contributed by atoms with Gasteiger partial charge in [-0.25, -0.2) is 0 Å². The molecule has 4 aromatic rings. The molecule has 2 aromatic carbocycles. The molecule has 9 nitrogen and oxygen atoms in total. The molecule has 1 saturated heterocycles. The number of nitrogens with zero attached hydrogens (tertiary/aromatic N) is 5. The third kappa shape index (κ3) is 5.34. The predicted molar refractivity (Wildman–Crippen MR) is 133 cm³/mol. The zero-order chi connectivity index (χ0) is 26.9. The first-order chi connectivity index (χ1) is 18.2. The van der Waals surface area contributed by atoms with Crippen molar-refractivity contribution < 1.29 is 27.5 Å². The highest BCUT2D eigenvalue weighted by Gasteiger charge is 2.31. The molecule has 0 saturated carbocycles. The van der Waals surface area contributed by atoms with Gasteiger partial charge >= 0.3 is 6.36 Å². The number of benzene rings is 2. The first kappa shape index (κ1) is 25.3. The van der Waals surface area contributed by atoms with Gasteiger partial charge < -0.3 is 15.0 Å². The van der Waals surface area contributed by atoms with E-state index in [0.29, 0.717) is 49.4 Å². The van der Waals surface area contributed by atoms with Crippen LogP contribution in [0.2, 0.25) is 0 Å². The number of piperidine rings is 1. The van der Waals surface area contributed by atoms with Gasteiger partial charge in [0.15, 0.2) is 5.69 Å². The molecule has 1 aliphatic rings. The monoisotopic (exact) mass is 526 g/mol. The Hall–Kier alpha value is -4.35. The molecule has 0 aliphatic carbocycles. The Labute approximate surface area is 215 Å². The summed E-state index contributed by atoms with van der Waals surface area (Å²) in [6, 6.07) is 12.5. The Bertz CT molecular complexity index is 1450. The maximum atomic E-state index is 13.0. The highest BCUT2D eigenvalue weighted by molar-refractivity contribution is 6.11. The minimum Gasteiger partial charge on any atom is -0.406 e. The van der Waals surface area contributed by atoms with Crippen LogP contribution < -0.4 is 10.1 Å². The molecule has 0 radical (unpaired) electrons. The zero-order valence-corrected chi connectivity index (χ0v) is 20.5. The molecule has 0 atom stereocenters. The van der Waals surface area contributed by atoms with Gasteiger partial charge in [0.05, 0.1) is 23.4 Å². The number of fused-ring (bicyclic) bond motifs is 1. The molecule has 0 unspecified atom stereocenters. The number of hydrogen-bond acceptors (Lipinski definition) is 5. The topological polar surface area (TPSA) is 94.3 Å². The molecule has 3 heterocycles. The second-order valence-corrected chi connectivity index (χ2v) is 8.94. The van der Waals surface area contributed by atoms with E-state index in [2.05, 4.69) is 20.3 Å². The molecule has 1 fully saturated rings. The minimum atomic E-state index is -4.78. The van der Waals surface area contributed by atoms with Gasteiger partial charge in [-0.05, 0) is 50.1 Å². The number of alkyl halides is 3. The molecular weight excluding hydrogens is 501 g/mol. The number of aromatic nitrogens is 4. The van der Waals surface area contributed by atoms with Crippen molar-refractivity contribution in [2.45, 2.75) is 38.7 Å². The smallest absolute Gasteiger partial charge is 0.406 e. The third-order valence-electron chi connectivity index (χ3n) is 6.49. The summed E-state index contributed by atoms with van der Waals surface area (Å²) in [6.45, 7) is 3.54. The summed E-state index contributed by atoms with van der Waals surface area (Å²) in [5.41, 5.74) is 2.08. The van der Waals surface area contributed by atoms with Crippen molar-refractivity contribution in [1.29, 1.82) is 0 Å². The highest BCUT2D eigenvalue weighted by Crippen LogP contribution is 2.27. The molecule has 0 bridgehead atoms. The van der Waals surface area contributed by atoms with Crippen molar-refractivity contribution in [3.05, 3.63) is 72.2 Å². The van der Waals surface area contributed by atoms with Gasteiger partial charge in [0.25, 0.3) is 11.8 Å². The van der Waals surface area contributed by atoms with Gasteiger partial charge in [0, 0.05) is 36.8 Å². The number of halogens is 3. The van der Waals surface area contributed by atoms with E-state index in [1.54, 1.807) is 26.7 Å². The van der Waals surface area contributed by atoms with Crippen LogP contribution in [0.5, 0.6) is 5.75 Å². The lowest BCUT2D eigenvalue weighted by Gasteiger charge is -2.32. The molecule has 1 N–H and O–H groups in total. The number of para-hydroxylation sites is 1. The van der Waals surface area contributed by atoms with Crippen LogP contribution in [0.15, 0.2) is 60.9 Å². The number of ether oxygens (including phenoxy) is 1. The van der Waals surface area contributed by atoms with Crippen molar-refractivity contribution in [2.75, 3.05) is 18.4 Å². The summed E-state index contributed by atoms with van der Waals surface area (Å²) in [5, 5.41) is 12.5. The van der Waals surface area contributed by atoms with Crippen LogP contribution in [0.25, 0.3) is 10.9 Å². The van der Waals surface area contributed by atoms with E-state index in [0.717, 1.165) is 23.0 Å². The quantitative estimate of drug-likeness (QED) is 0.387. The molecule has 38 heavy (non-hydrogen) atoms. The Balaban J connectivity index is 1.18. The molecular formula is C26H25F3N6O3. The first-order valence-corrected chi connectivity index (χ1v) is 12.2. The minimum absolute atomic E-state index is 0.0346. The number of nitrogens with one attached hydrogen (secondary N) is 1. The summed E-state index contributed by atoms with van der Waals surface area (Å²) >= 11 is 0. The lowest BCUT2D eigenvalue weighted by atomic mass is 10.0. The molecule has 1 aliphatic heterocycles. The van der Waals surface area contributed by atoms with E-state index in [1.807, 2.05) is 31.2 Å². The van der Waals surface area contributed by atoms with Crippen molar-refractivity contribution in [3.8, 4) is 5.75 Å². The largest absolute Gasteiger partial charge is 0.573 e. The van der Waals surface area contributed by atoms with Crippen LogP contribution in [-0.4, -0.2) is 55.7 Å². The summed E-state index contributed by atoms with van der Waals surface area (Å²) in [5.74, 6) is -0.949. The Morgan fingerprint density at radius 2 is 1.79 bits per heavy atom.